The van der Waals surface area contributed by atoms with Crippen LogP contribution in [0.5, 0.6) is 0 Å². The minimum absolute atomic E-state index is 0.0778. The average Bonchev–Trinajstić information content (AvgIpc) is 2.58. The zero-order chi connectivity index (χ0) is 16.5. The van der Waals surface area contributed by atoms with Crippen LogP contribution in [0.25, 0.3) is 0 Å². The van der Waals surface area contributed by atoms with Crippen molar-refractivity contribution >= 4 is 11.4 Å². The molecule has 4 heteroatoms. The molecule has 0 fully saturated rings. The van der Waals surface area contributed by atoms with Crippen molar-refractivity contribution in [2.75, 3.05) is 11.9 Å². The third-order valence-corrected chi connectivity index (χ3v) is 3.42. The third kappa shape index (κ3) is 5.48. The van der Waals surface area contributed by atoms with E-state index in [0.717, 1.165) is 23.4 Å². The lowest BCUT2D eigenvalue weighted by Gasteiger charge is -2.05. The fraction of sp³-hybridized carbons (Fsp3) is 0.263. The minimum Gasteiger partial charge on any atom is -0.385 e. The number of non-ortho nitro benzene ring substituents is 1. The molecule has 118 valence electrons. The second kappa shape index (κ2) is 8.60. The van der Waals surface area contributed by atoms with Crippen LogP contribution in [0.2, 0.25) is 0 Å². The van der Waals surface area contributed by atoms with Crippen LogP contribution in [-0.2, 0) is 0 Å². The molecule has 2 rings (SSSR count). The quantitative estimate of drug-likeness (QED) is 0.367. The van der Waals surface area contributed by atoms with Crippen LogP contribution in [0.15, 0.2) is 48.5 Å². The topological polar surface area (TPSA) is 55.2 Å². The summed E-state index contributed by atoms with van der Waals surface area (Å²) in [5.74, 6) is 6.08. The predicted octanol–water partition coefficient (Wildman–Crippen LogP) is 4.60. The fourth-order valence-corrected chi connectivity index (χ4v) is 2.09. The van der Waals surface area contributed by atoms with E-state index in [-0.39, 0.29) is 5.69 Å². The molecule has 0 saturated heterocycles. The number of benzene rings is 2. The lowest BCUT2D eigenvalue weighted by Crippen LogP contribution is -2.00. The van der Waals surface area contributed by atoms with Gasteiger partial charge >= 0.3 is 0 Å². The van der Waals surface area contributed by atoms with Crippen molar-refractivity contribution in [1.82, 2.24) is 0 Å². The van der Waals surface area contributed by atoms with Gasteiger partial charge in [0.2, 0.25) is 0 Å². The number of nitrogens with one attached hydrogen (secondary N) is 1. The van der Waals surface area contributed by atoms with E-state index in [4.69, 9.17) is 0 Å². The van der Waals surface area contributed by atoms with E-state index in [9.17, 15) is 10.1 Å². The molecule has 1 N–H and O–H groups in total. The molecule has 2 aromatic carbocycles. The van der Waals surface area contributed by atoms with E-state index in [0.29, 0.717) is 0 Å². The second-order valence-corrected chi connectivity index (χ2v) is 5.27. The van der Waals surface area contributed by atoms with Crippen LogP contribution in [0, 0.1) is 22.0 Å². The molecule has 0 atom stereocenters. The van der Waals surface area contributed by atoms with Gasteiger partial charge < -0.3 is 5.32 Å². The van der Waals surface area contributed by atoms with Crippen LogP contribution < -0.4 is 5.32 Å². The molecule has 0 aliphatic heterocycles. The summed E-state index contributed by atoms with van der Waals surface area (Å²) in [5.41, 5.74) is 2.86. The zero-order valence-electron chi connectivity index (χ0n) is 13.2. The summed E-state index contributed by atoms with van der Waals surface area (Å²) in [4.78, 5) is 10.2. The van der Waals surface area contributed by atoms with Gasteiger partial charge in [0.05, 0.1) is 4.92 Å². The Hall–Kier alpha value is -2.80. The maximum atomic E-state index is 10.6. The van der Waals surface area contributed by atoms with E-state index < -0.39 is 4.92 Å². The summed E-state index contributed by atoms with van der Waals surface area (Å²) < 4.78 is 0. The van der Waals surface area contributed by atoms with Gasteiger partial charge in [0.15, 0.2) is 0 Å². The van der Waals surface area contributed by atoms with Gasteiger partial charge in [-0.25, -0.2) is 0 Å². The summed E-state index contributed by atoms with van der Waals surface area (Å²) in [6.07, 6.45) is 3.64. The van der Waals surface area contributed by atoms with Crippen molar-refractivity contribution in [1.29, 1.82) is 0 Å². The summed E-state index contributed by atoms with van der Waals surface area (Å²) in [5, 5.41) is 14.0. The molecule has 0 aliphatic rings. The maximum Gasteiger partial charge on any atom is 0.269 e. The first-order valence-corrected chi connectivity index (χ1v) is 7.79. The number of nitro groups is 1. The smallest absolute Gasteiger partial charge is 0.269 e. The Balaban J connectivity index is 1.94. The molecule has 2 aromatic rings. The Morgan fingerprint density at radius 3 is 2.04 bits per heavy atom. The molecule has 4 nitrogen and oxygen atoms in total. The van der Waals surface area contributed by atoms with Crippen LogP contribution in [0.3, 0.4) is 0 Å². The molecular weight excluding hydrogens is 288 g/mol. The Kier molecular flexibility index (Phi) is 6.19. The molecule has 23 heavy (non-hydrogen) atoms. The molecule has 0 heterocycles. The van der Waals surface area contributed by atoms with E-state index in [1.807, 2.05) is 24.3 Å². The van der Waals surface area contributed by atoms with Crippen LogP contribution in [0.1, 0.15) is 37.3 Å². The lowest BCUT2D eigenvalue weighted by atomic mass is 10.1. The van der Waals surface area contributed by atoms with Crippen molar-refractivity contribution in [3.63, 3.8) is 0 Å². The highest BCUT2D eigenvalue weighted by molar-refractivity contribution is 5.50. The Morgan fingerprint density at radius 2 is 1.52 bits per heavy atom. The first-order valence-electron chi connectivity index (χ1n) is 7.79. The Bertz CT molecular complexity index is 695. The maximum absolute atomic E-state index is 10.6. The molecule has 0 aromatic heterocycles. The van der Waals surface area contributed by atoms with Gasteiger partial charge in [0.25, 0.3) is 5.69 Å². The van der Waals surface area contributed by atoms with Crippen molar-refractivity contribution in [3.8, 4) is 11.8 Å². The van der Waals surface area contributed by atoms with Crippen molar-refractivity contribution in [3.05, 3.63) is 69.8 Å². The largest absolute Gasteiger partial charge is 0.385 e. The first kappa shape index (κ1) is 16.6. The molecule has 0 saturated carbocycles. The minimum atomic E-state index is -0.413. The Morgan fingerprint density at radius 1 is 0.957 bits per heavy atom. The van der Waals surface area contributed by atoms with E-state index in [1.165, 1.54) is 31.4 Å². The molecule has 0 radical (unpaired) electrons. The standard InChI is InChI=1S/C19H20N2O2/c1-2-3-4-15-20-18-11-7-16(8-12-18)5-6-17-9-13-19(14-10-17)21(22)23/h7-14,20H,2-4,15H2,1H3. The Labute approximate surface area is 136 Å². The first-order chi connectivity index (χ1) is 11.2. The fourth-order valence-electron chi connectivity index (χ4n) is 2.09. The monoisotopic (exact) mass is 308 g/mol. The number of nitrogens with zero attached hydrogens (tertiary/aromatic N) is 1. The number of unbranched alkanes of at least 4 members (excludes halogenated alkanes) is 2. The van der Waals surface area contributed by atoms with Gasteiger partial charge in [-0.2, -0.15) is 0 Å². The van der Waals surface area contributed by atoms with Crippen LogP contribution in [0.4, 0.5) is 11.4 Å². The van der Waals surface area contributed by atoms with Crippen molar-refractivity contribution in [2.24, 2.45) is 0 Å². The van der Waals surface area contributed by atoms with Crippen LogP contribution >= 0.6 is 0 Å². The highest BCUT2D eigenvalue weighted by Gasteiger charge is 2.02. The summed E-state index contributed by atoms with van der Waals surface area (Å²) in [7, 11) is 0. The van der Waals surface area contributed by atoms with Gasteiger partial charge in [-0.3, -0.25) is 10.1 Å². The molecule has 0 aliphatic carbocycles. The SMILES string of the molecule is CCCCCNc1ccc(C#Cc2ccc([N+](=O)[O-])cc2)cc1. The number of hydrogen-bond acceptors (Lipinski definition) is 3. The van der Waals surface area contributed by atoms with E-state index >= 15 is 0 Å². The van der Waals surface area contributed by atoms with Gasteiger partial charge in [-0.15, -0.1) is 0 Å². The van der Waals surface area contributed by atoms with Gasteiger partial charge in [-0.05, 0) is 42.8 Å². The van der Waals surface area contributed by atoms with Crippen molar-refractivity contribution < 1.29 is 4.92 Å². The molecule has 0 bridgehead atoms. The summed E-state index contributed by atoms with van der Waals surface area (Å²) >= 11 is 0. The van der Waals surface area contributed by atoms with E-state index in [1.54, 1.807) is 12.1 Å². The number of hydrogen-bond donors (Lipinski definition) is 1. The van der Waals surface area contributed by atoms with Gasteiger partial charge in [-0.1, -0.05) is 31.6 Å². The van der Waals surface area contributed by atoms with Crippen molar-refractivity contribution in [2.45, 2.75) is 26.2 Å². The third-order valence-electron chi connectivity index (χ3n) is 3.42. The molecule has 0 amide bonds. The lowest BCUT2D eigenvalue weighted by molar-refractivity contribution is -0.384. The number of nitro benzene ring substituents is 1. The highest BCUT2D eigenvalue weighted by atomic mass is 16.6. The second-order valence-electron chi connectivity index (χ2n) is 5.27. The molecule has 0 unspecified atom stereocenters. The summed E-state index contributed by atoms with van der Waals surface area (Å²) in [6, 6.07) is 14.2. The zero-order valence-corrected chi connectivity index (χ0v) is 13.2. The average molecular weight is 308 g/mol. The molecular formula is C19H20N2O2. The van der Waals surface area contributed by atoms with Crippen LogP contribution in [-0.4, -0.2) is 11.5 Å². The number of rotatable bonds is 6. The summed E-state index contributed by atoms with van der Waals surface area (Å²) in [6.45, 7) is 3.18. The van der Waals surface area contributed by atoms with E-state index in [2.05, 4.69) is 24.1 Å². The number of anilines is 1. The highest BCUT2D eigenvalue weighted by Crippen LogP contribution is 2.12. The van der Waals surface area contributed by atoms with Gasteiger partial charge in [0.1, 0.15) is 0 Å². The normalized spacial score (nSPS) is 9.78. The molecule has 0 spiro atoms. The predicted molar refractivity (Wildman–Crippen MR) is 93.5 cm³/mol. The van der Waals surface area contributed by atoms with Gasteiger partial charge in [0, 0.05) is 35.5 Å².